The quantitative estimate of drug-likeness (QED) is 0.379. The molecule has 5 N–H and O–H groups in total. The highest BCUT2D eigenvalue weighted by Gasteiger charge is 2.06. The number of anilines is 1. The summed E-state index contributed by atoms with van der Waals surface area (Å²) in [5, 5.41) is 30.3. The molecule has 0 fully saturated rings. The molecule has 116 valence electrons. The average Bonchev–Trinajstić information content (AvgIpc) is 2.73. The maximum atomic E-state index is 9.55. The van der Waals surface area contributed by atoms with Crippen molar-refractivity contribution in [1.29, 1.82) is 0 Å². The minimum Gasteiger partial charge on any atom is -0.508 e. The number of phenols is 2. The number of hydrazone groups is 1. The van der Waals surface area contributed by atoms with Gasteiger partial charge in [-0.2, -0.15) is 5.10 Å². The van der Waals surface area contributed by atoms with Gasteiger partial charge in [0.05, 0.1) is 6.21 Å². The van der Waals surface area contributed by atoms with E-state index in [1.807, 2.05) is 6.92 Å². The van der Waals surface area contributed by atoms with Gasteiger partial charge in [0.25, 0.3) is 5.95 Å². The average molecular weight is 335 g/mol. The lowest BCUT2D eigenvalue weighted by Gasteiger charge is -2.01. The van der Waals surface area contributed by atoms with Crippen LogP contribution >= 0.6 is 24.8 Å². The summed E-state index contributed by atoms with van der Waals surface area (Å²) in [6, 6.07) is 4.20. The Kier molecular flexibility index (Phi) is 7.32. The van der Waals surface area contributed by atoms with Crippen molar-refractivity contribution in [2.24, 2.45) is 5.10 Å². The van der Waals surface area contributed by atoms with Crippen molar-refractivity contribution < 1.29 is 10.2 Å². The molecular weight excluding hydrogens is 319 g/mol. The first-order chi connectivity index (χ1) is 9.11. The first kappa shape index (κ1) is 18.8. The molecular formula is C11H16Cl2N6O2. The molecule has 0 aliphatic heterocycles. The van der Waals surface area contributed by atoms with Crippen LogP contribution in [0.4, 0.5) is 5.95 Å². The van der Waals surface area contributed by atoms with Crippen LogP contribution in [-0.4, -0.2) is 31.3 Å². The van der Waals surface area contributed by atoms with E-state index in [2.05, 4.69) is 20.7 Å². The molecule has 2 aromatic rings. The number of aromatic hydroxyl groups is 2. The van der Waals surface area contributed by atoms with Crippen molar-refractivity contribution in [3.63, 3.8) is 0 Å². The maximum absolute atomic E-state index is 9.55. The number of benzene rings is 1. The first-order valence-corrected chi connectivity index (χ1v) is 5.62. The topological polar surface area (TPSA) is 122 Å². The normalized spacial score (nSPS) is 9.95. The highest BCUT2D eigenvalue weighted by atomic mass is 35.5. The summed E-state index contributed by atoms with van der Waals surface area (Å²) in [5.74, 6) is 6.55. The van der Waals surface area contributed by atoms with E-state index in [4.69, 9.17) is 10.9 Å². The number of rotatable bonds is 4. The fourth-order valence-electron chi connectivity index (χ4n) is 1.44. The van der Waals surface area contributed by atoms with Gasteiger partial charge in [0.15, 0.2) is 5.82 Å². The van der Waals surface area contributed by atoms with Crippen LogP contribution in [0.1, 0.15) is 18.3 Å². The van der Waals surface area contributed by atoms with Crippen molar-refractivity contribution in [3.8, 4) is 11.5 Å². The minimum atomic E-state index is -0.0750. The van der Waals surface area contributed by atoms with E-state index in [0.717, 1.165) is 0 Å². The Morgan fingerprint density at radius 2 is 2.05 bits per heavy atom. The zero-order valence-corrected chi connectivity index (χ0v) is 12.7. The van der Waals surface area contributed by atoms with E-state index in [1.54, 1.807) is 0 Å². The number of nitrogens with one attached hydrogen (secondary N) is 1. The lowest BCUT2D eigenvalue weighted by atomic mass is 10.2. The zero-order chi connectivity index (χ0) is 13.8. The van der Waals surface area contributed by atoms with Gasteiger partial charge in [-0.3, -0.25) is 0 Å². The predicted molar refractivity (Wildman–Crippen MR) is 85.0 cm³/mol. The molecule has 0 unspecified atom stereocenters. The lowest BCUT2D eigenvalue weighted by Crippen LogP contribution is -2.14. The van der Waals surface area contributed by atoms with Gasteiger partial charge in [-0.15, -0.1) is 35.0 Å². The molecule has 0 aliphatic rings. The fraction of sp³-hybridized carbons (Fsp3) is 0.182. The molecule has 0 saturated heterocycles. The van der Waals surface area contributed by atoms with Crippen LogP contribution in [-0.2, 0) is 6.42 Å². The van der Waals surface area contributed by atoms with Crippen LogP contribution in [0.15, 0.2) is 23.3 Å². The number of phenolic OH excluding ortho intramolecular Hbond substituents is 2. The third kappa shape index (κ3) is 4.40. The summed E-state index contributed by atoms with van der Waals surface area (Å²) in [5.41, 5.74) is 3.07. The summed E-state index contributed by atoms with van der Waals surface area (Å²) >= 11 is 0. The van der Waals surface area contributed by atoms with Gasteiger partial charge in [0.1, 0.15) is 11.5 Å². The van der Waals surface area contributed by atoms with Gasteiger partial charge in [-0.05, 0) is 12.1 Å². The number of nitrogen functional groups attached to an aromatic ring is 1. The standard InChI is InChI=1S/C11H14N6O2.2ClH/c1-2-10-14-16-11(17(10)12)15-13-6-7-3-4-8(18)5-9(7)19;;/h3-6,18-19H,2,12H2,1H3,(H,15,16);2*1H. The van der Waals surface area contributed by atoms with Crippen molar-refractivity contribution in [2.75, 3.05) is 11.3 Å². The second-order valence-corrected chi connectivity index (χ2v) is 3.78. The largest absolute Gasteiger partial charge is 0.508 e. The Morgan fingerprint density at radius 1 is 1.33 bits per heavy atom. The summed E-state index contributed by atoms with van der Waals surface area (Å²) in [6.07, 6.45) is 2.04. The Hall–Kier alpha value is -2.19. The third-order valence-electron chi connectivity index (χ3n) is 2.46. The van der Waals surface area contributed by atoms with Crippen molar-refractivity contribution in [3.05, 3.63) is 29.6 Å². The van der Waals surface area contributed by atoms with Gasteiger partial charge in [0, 0.05) is 18.1 Å². The van der Waals surface area contributed by atoms with E-state index in [1.165, 1.54) is 29.1 Å². The second-order valence-electron chi connectivity index (χ2n) is 3.78. The van der Waals surface area contributed by atoms with Gasteiger partial charge in [-0.1, -0.05) is 6.92 Å². The molecule has 10 heteroatoms. The molecule has 0 bridgehead atoms. The molecule has 0 atom stereocenters. The minimum absolute atomic E-state index is 0. The second kappa shape index (κ2) is 8.18. The number of nitrogens with two attached hydrogens (primary N) is 1. The van der Waals surface area contributed by atoms with Crippen LogP contribution in [0.25, 0.3) is 0 Å². The smallest absolute Gasteiger partial charge is 0.263 e. The fourth-order valence-corrected chi connectivity index (χ4v) is 1.44. The number of halogens is 2. The van der Waals surface area contributed by atoms with E-state index < -0.39 is 0 Å². The van der Waals surface area contributed by atoms with Gasteiger partial charge in [0.2, 0.25) is 0 Å². The van der Waals surface area contributed by atoms with Crippen molar-refractivity contribution in [2.45, 2.75) is 13.3 Å². The Labute approximate surface area is 133 Å². The molecule has 2 rings (SSSR count). The molecule has 0 spiro atoms. The predicted octanol–water partition coefficient (Wildman–Crippen LogP) is 1.26. The van der Waals surface area contributed by atoms with Crippen LogP contribution in [0.2, 0.25) is 0 Å². The Morgan fingerprint density at radius 3 is 2.62 bits per heavy atom. The molecule has 0 aliphatic carbocycles. The molecule has 0 amide bonds. The van der Waals surface area contributed by atoms with Crippen LogP contribution in [0.5, 0.6) is 11.5 Å². The summed E-state index contributed by atoms with van der Waals surface area (Å²) in [7, 11) is 0. The molecule has 0 radical (unpaired) electrons. The zero-order valence-electron chi connectivity index (χ0n) is 11.1. The number of aryl methyl sites for hydroxylation is 1. The summed E-state index contributed by atoms with van der Waals surface area (Å²) < 4.78 is 1.30. The van der Waals surface area contributed by atoms with E-state index in [-0.39, 0.29) is 36.3 Å². The molecule has 1 heterocycles. The van der Waals surface area contributed by atoms with Crippen molar-refractivity contribution in [1.82, 2.24) is 14.9 Å². The SMILES string of the molecule is CCc1nnc(NN=Cc2ccc(O)cc2O)n1N.Cl.Cl. The van der Waals surface area contributed by atoms with Crippen LogP contribution in [0.3, 0.4) is 0 Å². The maximum Gasteiger partial charge on any atom is 0.263 e. The summed E-state index contributed by atoms with van der Waals surface area (Å²) in [4.78, 5) is 0. The molecule has 1 aromatic carbocycles. The number of nitrogens with zero attached hydrogens (tertiary/aromatic N) is 4. The highest BCUT2D eigenvalue weighted by molar-refractivity contribution is 5.85. The lowest BCUT2D eigenvalue weighted by molar-refractivity contribution is 0.450. The van der Waals surface area contributed by atoms with Crippen molar-refractivity contribution >= 4 is 37.0 Å². The Balaban J connectivity index is 0.00000200. The molecule has 8 nitrogen and oxygen atoms in total. The van der Waals surface area contributed by atoms with Gasteiger partial charge < -0.3 is 16.1 Å². The number of hydrogen-bond acceptors (Lipinski definition) is 7. The number of hydrogen-bond donors (Lipinski definition) is 4. The van der Waals surface area contributed by atoms with E-state index in [9.17, 15) is 5.11 Å². The van der Waals surface area contributed by atoms with E-state index in [0.29, 0.717) is 23.8 Å². The highest BCUT2D eigenvalue weighted by Crippen LogP contribution is 2.20. The van der Waals surface area contributed by atoms with Crippen LogP contribution in [0, 0.1) is 0 Å². The molecule has 0 saturated carbocycles. The summed E-state index contributed by atoms with van der Waals surface area (Å²) in [6.45, 7) is 1.91. The first-order valence-electron chi connectivity index (χ1n) is 5.62. The number of aromatic nitrogens is 3. The molecule has 1 aromatic heterocycles. The Bertz CT molecular complexity index is 617. The van der Waals surface area contributed by atoms with Gasteiger partial charge in [-0.25, -0.2) is 10.1 Å². The third-order valence-corrected chi connectivity index (χ3v) is 2.46. The molecule has 21 heavy (non-hydrogen) atoms. The van der Waals surface area contributed by atoms with Gasteiger partial charge >= 0.3 is 0 Å². The van der Waals surface area contributed by atoms with Crippen LogP contribution < -0.4 is 11.3 Å². The monoisotopic (exact) mass is 334 g/mol. The van der Waals surface area contributed by atoms with E-state index >= 15 is 0 Å².